The zero-order valence-electron chi connectivity index (χ0n) is 8.04. The minimum atomic E-state index is 0.522. The first-order valence-electron chi connectivity index (χ1n) is 4.77. The Morgan fingerprint density at radius 3 is 2.08 bits per heavy atom. The van der Waals surface area contributed by atoms with Gasteiger partial charge in [0, 0.05) is 0 Å². The predicted molar refractivity (Wildman–Crippen MR) is 49.1 cm³/mol. The van der Waals surface area contributed by atoms with Crippen molar-refractivity contribution < 1.29 is 14.9 Å². The van der Waals surface area contributed by atoms with E-state index in [1.165, 1.54) is 19.3 Å². The highest BCUT2D eigenvalue weighted by Crippen LogP contribution is 2.04. The second-order valence-electron chi connectivity index (χ2n) is 2.90. The lowest BCUT2D eigenvalue weighted by atomic mass is 10.1. The largest absolute Gasteiger partial charge is 0.330 e. The van der Waals surface area contributed by atoms with E-state index in [0.717, 1.165) is 25.8 Å². The fourth-order valence-corrected chi connectivity index (χ4v) is 1.07. The Hall–Kier alpha value is -0.200. The van der Waals surface area contributed by atoms with Crippen LogP contribution in [-0.4, -0.2) is 13.2 Å². The van der Waals surface area contributed by atoms with Gasteiger partial charge in [0.15, 0.2) is 0 Å². The second-order valence-corrected chi connectivity index (χ2v) is 2.90. The molecule has 80 valence electrons. The number of hydrogen-bond acceptors (Lipinski definition) is 5. The van der Waals surface area contributed by atoms with Crippen LogP contribution in [0.4, 0.5) is 0 Å². The number of nitrogens with two attached hydrogens (primary N) is 2. The molecule has 4 N–H and O–H groups in total. The lowest BCUT2D eigenvalue weighted by Crippen LogP contribution is -2.03. The van der Waals surface area contributed by atoms with Crippen molar-refractivity contribution >= 4 is 0 Å². The Kier molecular flexibility index (Phi) is 11.6. The molecule has 0 fully saturated rings. The summed E-state index contributed by atoms with van der Waals surface area (Å²) in [5.74, 6) is 4.57. The highest BCUT2D eigenvalue weighted by molar-refractivity contribution is 4.44. The van der Waals surface area contributed by atoms with Crippen molar-refractivity contribution in [3.8, 4) is 0 Å². The average molecular weight is 192 g/mol. The first-order chi connectivity index (χ1) is 6.41. The lowest BCUT2D eigenvalue weighted by molar-refractivity contribution is -0.516. The first-order valence-corrected chi connectivity index (χ1v) is 4.77. The molecule has 0 heterocycles. The van der Waals surface area contributed by atoms with Gasteiger partial charge in [0.05, 0.1) is 6.61 Å². The van der Waals surface area contributed by atoms with E-state index in [1.807, 2.05) is 0 Å². The van der Waals surface area contributed by atoms with Gasteiger partial charge in [0.1, 0.15) is 0 Å². The van der Waals surface area contributed by atoms with Gasteiger partial charge in [0.2, 0.25) is 0 Å². The SMILES string of the molecule is NCCCCCCCCOOON. The maximum atomic E-state index is 5.36. The van der Waals surface area contributed by atoms with E-state index in [1.54, 1.807) is 0 Å². The fourth-order valence-electron chi connectivity index (χ4n) is 1.07. The standard InChI is InChI=1S/C8H20N2O3/c9-7-5-3-1-2-4-6-8-11-13-12-10/h1-10H2. The topological polar surface area (TPSA) is 79.7 Å². The average Bonchev–Trinajstić information content (AvgIpc) is 2.16. The molecule has 0 unspecified atom stereocenters. The molecule has 0 aromatic carbocycles. The van der Waals surface area contributed by atoms with Crippen LogP contribution in [0.3, 0.4) is 0 Å². The molecular formula is C8H20N2O3. The molecule has 0 bridgehead atoms. The third kappa shape index (κ3) is 11.8. The summed E-state index contributed by atoms with van der Waals surface area (Å²) in [7, 11) is 0. The third-order valence-electron chi connectivity index (χ3n) is 1.77. The molecule has 0 atom stereocenters. The molecule has 0 aliphatic heterocycles. The van der Waals surface area contributed by atoms with Crippen LogP contribution in [0.5, 0.6) is 0 Å². The minimum Gasteiger partial charge on any atom is -0.330 e. The van der Waals surface area contributed by atoms with Crippen LogP contribution in [-0.2, 0) is 14.9 Å². The van der Waals surface area contributed by atoms with Crippen LogP contribution in [0.15, 0.2) is 0 Å². The Bertz CT molecular complexity index is 83.5. The van der Waals surface area contributed by atoms with Crippen molar-refractivity contribution in [1.29, 1.82) is 0 Å². The summed E-state index contributed by atoms with van der Waals surface area (Å²) in [6, 6.07) is 0. The van der Waals surface area contributed by atoms with Crippen LogP contribution < -0.4 is 11.6 Å². The summed E-state index contributed by atoms with van der Waals surface area (Å²) in [5, 5.41) is 4.04. The number of unbranched alkanes of at least 4 members (excludes halogenated alkanes) is 5. The van der Waals surface area contributed by atoms with Crippen LogP contribution in [0.1, 0.15) is 38.5 Å². The summed E-state index contributed by atoms with van der Waals surface area (Å²) in [4.78, 5) is 8.31. The maximum Gasteiger partial charge on any atom is 0.0854 e. The quantitative estimate of drug-likeness (QED) is 0.307. The molecule has 5 heteroatoms. The number of hydrogen-bond donors (Lipinski definition) is 2. The molecule has 0 saturated carbocycles. The highest BCUT2D eigenvalue weighted by Gasteiger charge is 1.91. The van der Waals surface area contributed by atoms with E-state index in [-0.39, 0.29) is 0 Å². The van der Waals surface area contributed by atoms with Crippen molar-refractivity contribution in [3.05, 3.63) is 0 Å². The van der Waals surface area contributed by atoms with Crippen molar-refractivity contribution in [2.45, 2.75) is 38.5 Å². The van der Waals surface area contributed by atoms with Crippen molar-refractivity contribution in [2.24, 2.45) is 11.6 Å². The summed E-state index contributed by atoms with van der Waals surface area (Å²) >= 11 is 0. The first kappa shape index (κ1) is 12.8. The van der Waals surface area contributed by atoms with Crippen molar-refractivity contribution in [1.82, 2.24) is 0 Å². The zero-order valence-corrected chi connectivity index (χ0v) is 8.04. The Morgan fingerprint density at radius 1 is 0.846 bits per heavy atom. The van der Waals surface area contributed by atoms with E-state index in [9.17, 15) is 0 Å². The van der Waals surface area contributed by atoms with Gasteiger partial charge in [-0.2, -0.15) is 5.90 Å². The van der Waals surface area contributed by atoms with Crippen molar-refractivity contribution in [3.63, 3.8) is 0 Å². The molecular weight excluding hydrogens is 172 g/mol. The van der Waals surface area contributed by atoms with E-state index >= 15 is 0 Å². The van der Waals surface area contributed by atoms with Gasteiger partial charge in [-0.25, -0.2) is 4.89 Å². The summed E-state index contributed by atoms with van der Waals surface area (Å²) in [6.07, 6.45) is 6.91. The zero-order chi connectivity index (χ0) is 9.78. The van der Waals surface area contributed by atoms with E-state index < -0.39 is 0 Å². The van der Waals surface area contributed by atoms with Crippen LogP contribution >= 0.6 is 0 Å². The predicted octanol–water partition coefficient (Wildman–Crippen LogP) is 1.04. The third-order valence-corrected chi connectivity index (χ3v) is 1.77. The van der Waals surface area contributed by atoms with Gasteiger partial charge in [-0.3, -0.25) is 0 Å². The molecule has 0 amide bonds. The molecule has 0 aliphatic carbocycles. The van der Waals surface area contributed by atoms with Crippen molar-refractivity contribution in [2.75, 3.05) is 13.2 Å². The molecule has 0 radical (unpaired) electrons. The fraction of sp³-hybridized carbons (Fsp3) is 1.00. The molecule has 0 saturated heterocycles. The van der Waals surface area contributed by atoms with E-state index in [2.05, 4.69) is 20.8 Å². The molecule has 0 aliphatic rings. The Labute approximate surface area is 79.1 Å². The lowest BCUT2D eigenvalue weighted by Gasteiger charge is -2.00. The smallest absolute Gasteiger partial charge is 0.0854 e. The monoisotopic (exact) mass is 192 g/mol. The maximum absolute atomic E-state index is 5.36. The highest BCUT2D eigenvalue weighted by atomic mass is 17.5. The van der Waals surface area contributed by atoms with Gasteiger partial charge < -0.3 is 5.73 Å². The molecule has 0 rings (SSSR count). The van der Waals surface area contributed by atoms with Gasteiger partial charge >= 0.3 is 0 Å². The molecule has 13 heavy (non-hydrogen) atoms. The molecule has 0 aromatic heterocycles. The Balaban J connectivity index is 2.76. The minimum absolute atomic E-state index is 0.522. The van der Waals surface area contributed by atoms with E-state index in [0.29, 0.717) is 6.61 Å². The summed E-state index contributed by atoms with van der Waals surface area (Å²) in [6.45, 7) is 1.32. The summed E-state index contributed by atoms with van der Waals surface area (Å²) in [5.41, 5.74) is 5.36. The molecule has 0 aromatic rings. The molecule has 0 spiro atoms. The summed E-state index contributed by atoms with van der Waals surface area (Å²) < 4.78 is 0. The van der Waals surface area contributed by atoms with Gasteiger partial charge in [-0.1, -0.05) is 25.7 Å². The van der Waals surface area contributed by atoms with Crippen LogP contribution in [0.2, 0.25) is 0 Å². The van der Waals surface area contributed by atoms with Crippen LogP contribution in [0.25, 0.3) is 0 Å². The molecule has 5 nitrogen and oxygen atoms in total. The van der Waals surface area contributed by atoms with E-state index in [4.69, 9.17) is 5.73 Å². The number of rotatable bonds is 10. The Morgan fingerprint density at radius 2 is 1.46 bits per heavy atom. The van der Waals surface area contributed by atoms with Gasteiger partial charge in [-0.15, -0.1) is 4.99 Å². The normalized spacial score (nSPS) is 10.6. The second kappa shape index (κ2) is 11.8. The van der Waals surface area contributed by atoms with Crippen LogP contribution in [0, 0.1) is 0 Å². The van der Waals surface area contributed by atoms with Gasteiger partial charge in [-0.05, 0) is 24.4 Å². The van der Waals surface area contributed by atoms with Gasteiger partial charge in [0.25, 0.3) is 0 Å².